The zero-order valence-corrected chi connectivity index (χ0v) is 16.2. The number of rotatable bonds is 2. The number of anilines is 1. The maximum Gasteiger partial charge on any atom is 0.321 e. The number of nitrogens with one attached hydrogen (secondary N) is 1. The minimum absolute atomic E-state index is 0.135. The molecule has 28 heavy (non-hydrogen) atoms. The summed E-state index contributed by atoms with van der Waals surface area (Å²) in [4.78, 5) is 29.2. The number of fused-ring (bicyclic) bond motifs is 1. The number of ether oxygens (including phenoxy) is 3. The van der Waals surface area contributed by atoms with Gasteiger partial charge in [0.05, 0.1) is 19.1 Å². The molecule has 3 aliphatic heterocycles. The molecule has 0 unspecified atom stereocenters. The molecule has 0 aromatic heterocycles. The van der Waals surface area contributed by atoms with Crippen LogP contribution in [0.1, 0.15) is 18.4 Å². The summed E-state index contributed by atoms with van der Waals surface area (Å²) in [6, 6.07) is 3.51. The highest BCUT2D eigenvalue weighted by Gasteiger charge is 2.32. The van der Waals surface area contributed by atoms with Crippen molar-refractivity contribution >= 4 is 17.6 Å². The van der Waals surface area contributed by atoms with Crippen molar-refractivity contribution < 1.29 is 23.8 Å². The highest BCUT2D eigenvalue weighted by molar-refractivity contribution is 5.91. The van der Waals surface area contributed by atoms with Gasteiger partial charge in [-0.2, -0.15) is 0 Å². The maximum absolute atomic E-state index is 12.8. The minimum atomic E-state index is -0.181. The Morgan fingerprint density at radius 2 is 1.71 bits per heavy atom. The Kier molecular flexibility index (Phi) is 5.57. The van der Waals surface area contributed by atoms with Crippen molar-refractivity contribution in [2.45, 2.75) is 19.8 Å². The Balaban J connectivity index is 1.40. The number of hydrogen-bond donors (Lipinski definition) is 1. The lowest BCUT2D eigenvalue weighted by Gasteiger charge is -2.36. The van der Waals surface area contributed by atoms with Gasteiger partial charge in [-0.05, 0) is 31.4 Å². The first-order chi connectivity index (χ1) is 13.6. The molecule has 0 spiro atoms. The maximum atomic E-state index is 12.8. The number of piperidine rings is 1. The van der Waals surface area contributed by atoms with Crippen LogP contribution in [0.15, 0.2) is 12.1 Å². The summed E-state index contributed by atoms with van der Waals surface area (Å²) >= 11 is 0. The first kappa shape index (κ1) is 18.9. The van der Waals surface area contributed by atoms with Crippen LogP contribution in [-0.2, 0) is 9.53 Å². The number of carbonyl (C=O) groups excluding carboxylic acids is 2. The van der Waals surface area contributed by atoms with Gasteiger partial charge in [-0.15, -0.1) is 0 Å². The Bertz CT molecular complexity index is 748. The fraction of sp³-hybridized carbons (Fsp3) is 0.600. The van der Waals surface area contributed by atoms with Crippen molar-refractivity contribution in [1.82, 2.24) is 9.80 Å². The molecule has 1 aromatic carbocycles. The van der Waals surface area contributed by atoms with Crippen molar-refractivity contribution in [2.24, 2.45) is 5.92 Å². The van der Waals surface area contributed by atoms with E-state index in [0.717, 1.165) is 18.4 Å². The zero-order valence-electron chi connectivity index (χ0n) is 16.2. The van der Waals surface area contributed by atoms with E-state index in [-0.39, 0.29) is 17.9 Å². The molecule has 0 bridgehead atoms. The molecular formula is C20H27N3O5. The number of benzene rings is 1. The molecule has 1 atom stereocenters. The fourth-order valence-electron chi connectivity index (χ4n) is 3.92. The Hall–Kier alpha value is -2.48. The number of amides is 3. The second-order valence-corrected chi connectivity index (χ2v) is 7.46. The highest BCUT2D eigenvalue weighted by Crippen LogP contribution is 2.35. The largest absolute Gasteiger partial charge is 0.486 e. The molecule has 8 heteroatoms. The number of morpholine rings is 1. The topological polar surface area (TPSA) is 80.3 Å². The third-order valence-electron chi connectivity index (χ3n) is 5.51. The predicted octanol–water partition coefficient (Wildman–Crippen LogP) is 1.87. The van der Waals surface area contributed by atoms with E-state index < -0.39 is 0 Å². The van der Waals surface area contributed by atoms with Gasteiger partial charge in [0.25, 0.3) is 0 Å². The van der Waals surface area contributed by atoms with Gasteiger partial charge in [-0.3, -0.25) is 4.79 Å². The van der Waals surface area contributed by atoms with Crippen molar-refractivity contribution in [2.75, 3.05) is 57.9 Å². The molecule has 3 aliphatic rings. The number of carbonyl (C=O) groups is 2. The first-order valence-electron chi connectivity index (χ1n) is 9.94. The second-order valence-electron chi connectivity index (χ2n) is 7.46. The van der Waals surface area contributed by atoms with E-state index >= 15 is 0 Å². The van der Waals surface area contributed by atoms with Crippen LogP contribution >= 0.6 is 0 Å². The molecule has 1 aromatic rings. The summed E-state index contributed by atoms with van der Waals surface area (Å²) in [5.74, 6) is 1.34. The fourth-order valence-corrected chi connectivity index (χ4v) is 3.92. The molecule has 0 radical (unpaired) electrons. The third-order valence-corrected chi connectivity index (χ3v) is 5.51. The Labute approximate surface area is 164 Å². The monoisotopic (exact) mass is 389 g/mol. The second kappa shape index (κ2) is 8.26. The van der Waals surface area contributed by atoms with Crippen LogP contribution in [0.3, 0.4) is 0 Å². The summed E-state index contributed by atoms with van der Waals surface area (Å²) in [5.41, 5.74) is 1.62. The number of likely N-dealkylation sites (tertiary alicyclic amines) is 1. The van der Waals surface area contributed by atoms with Gasteiger partial charge < -0.3 is 29.3 Å². The summed E-state index contributed by atoms with van der Waals surface area (Å²) in [6.45, 7) is 6.52. The van der Waals surface area contributed by atoms with Gasteiger partial charge in [-0.1, -0.05) is 0 Å². The van der Waals surface area contributed by atoms with Crippen LogP contribution in [0.5, 0.6) is 11.5 Å². The molecule has 0 saturated carbocycles. The predicted molar refractivity (Wildman–Crippen MR) is 103 cm³/mol. The Morgan fingerprint density at radius 1 is 1.00 bits per heavy atom. The number of aryl methyl sites for hydroxylation is 1. The Morgan fingerprint density at radius 3 is 2.46 bits per heavy atom. The highest BCUT2D eigenvalue weighted by atomic mass is 16.6. The van der Waals surface area contributed by atoms with Crippen LogP contribution in [0.25, 0.3) is 0 Å². The molecule has 2 fully saturated rings. The summed E-state index contributed by atoms with van der Waals surface area (Å²) in [6.07, 6.45) is 1.65. The van der Waals surface area contributed by atoms with E-state index in [9.17, 15) is 9.59 Å². The summed E-state index contributed by atoms with van der Waals surface area (Å²) < 4.78 is 16.5. The van der Waals surface area contributed by atoms with Crippen molar-refractivity contribution in [3.8, 4) is 11.5 Å². The third kappa shape index (κ3) is 4.01. The van der Waals surface area contributed by atoms with Crippen molar-refractivity contribution in [3.05, 3.63) is 17.7 Å². The number of nitrogens with zero attached hydrogens (tertiary/aromatic N) is 2. The molecule has 0 aliphatic carbocycles. The van der Waals surface area contributed by atoms with E-state index in [1.165, 1.54) is 0 Å². The van der Waals surface area contributed by atoms with Crippen LogP contribution in [0.4, 0.5) is 10.5 Å². The number of urea groups is 1. The molecular weight excluding hydrogens is 362 g/mol. The lowest BCUT2D eigenvalue weighted by Crippen LogP contribution is -2.50. The molecule has 2 saturated heterocycles. The first-order valence-corrected chi connectivity index (χ1v) is 9.94. The van der Waals surface area contributed by atoms with Gasteiger partial charge >= 0.3 is 6.03 Å². The lowest BCUT2D eigenvalue weighted by atomic mass is 9.96. The van der Waals surface area contributed by atoms with Gasteiger partial charge in [0, 0.05) is 37.9 Å². The lowest BCUT2D eigenvalue weighted by molar-refractivity contribution is -0.141. The van der Waals surface area contributed by atoms with Crippen LogP contribution < -0.4 is 14.8 Å². The van der Waals surface area contributed by atoms with Gasteiger partial charge in [0.2, 0.25) is 5.91 Å². The quantitative estimate of drug-likeness (QED) is 0.835. The number of hydrogen-bond acceptors (Lipinski definition) is 5. The summed E-state index contributed by atoms with van der Waals surface area (Å²) in [5, 5.41) is 2.98. The van der Waals surface area contributed by atoms with E-state index in [0.29, 0.717) is 69.8 Å². The molecule has 152 valence electrons. The molecule has 4 rings (SSSR count). The minimum Gasteiger partial charge on any atom is -0.486 e. The molecule has 1 N–H and O–H groups in total. The van der Waals surface area contributed by atoms with Gasteiger partial charge in [-0.25, -0.2) is 4.79 Å². The smallest absolute Gasteiger partial charge is 0.321 e. The van der Waals surface area contributed by atoms with Crippen LogP contribution in [0.2, 0.25) is 0 Å². The van der Waals surface area contributed by atoms with E-state index in [4.69, 9.17) is 14.2 Å². The van der Waals surface area contributed by atoms with E-state index in [1.807, 2.05) is 24.0 Å². The zero-order chi connectivity index (χ0) is 19.5. The van der Waals surface area contributed by atoms with Crippen LogP contribution in [-0.4, -0.2) is 74.3 Å². The average Bonchev–Trinajstić information content (AvgIpc) is 2.74. The van der Waals surface area contributed by atoms with Gasteiger partial charge in [0.1, 0.15) is 13.2 Å². The SMILES string of the molecule is Cc1cc2c(cc1NC(=O)N1CCC[C@H](C(=O)N3CCOCC3)C1)OCCO2. The van der Waals surface area contributed by atoms with Crippen LogP contribution in [0, 0.1) is 12.8 Å². The molecule has 3 heterocycles. The molecule has 3 amide bonds. The average molecular weight is 389 g/mol. The van der Waals surface area contributed by atoms with Crippen molar-refractivity contribution in [3.63, 3.8) is 0 Å². The molecule has 8 nitrogen and oxygen atoms in total. The standard InChI is InChI=1S/C20H27N3O5/c1-14-11-17-18(28-10-9-27-17)12-16(14)21-20(25)23-4-2-3-15(13-23)19(24)22-5-7-26-8-6-22/h11-12,15H,2-10,13H2,1H3,(H,21,25)/t15-/m0/s1. The normalized spacial score (nSPS) is 22.0. The van der Waals surface area contributed by atoms with Gasteiger partial charge in [0.15, 0.2) is 11.5 Å². The van der Waals surface area contributed by atoms with Crippen molar-refractivity contribution in [1.29, 1.82) is 0 Å². The van der Waals surface area contributed by atoms with E-state index in [1.54, 1.807) is 4.90 Å². The van der Waals surface area contributed by atoms with E-state index in [2.05, 4.69) is 5.32 Å². The summed E-state index contributed by atoms with van der Waals surface area (Å²) in [7, 11) is 0.